The third kappa shape index (κ3) is 4.47. The molecule has 15 nitrogen and oxygen atoms in total. The number of nitrogens with one attached hydrogen (secondary N) is 3. The summed E-state index contributed by atoms with van der Waals surface area (Å²) in [5.74, 6) is -2.92. The first kappa shape index (κ1) is 20.9. The van der Waals surface area contributed by atoms with Gasteiger partial charge < -0.3 is 16.0 Å². The fourth-order valence-corrected chi connectivity index (χ4v) is 2.14. The summed E-state index contributed by atoms with van der Waals surface area (Å²) in [4.78, 5) is 64.8. The predicted octanol–water partition coefficient (Wildman–Crippen LogP) is 1.29. The van der Waals surface area contributed by atoms with Gasteiger partial charge in [0, 0.05) is 20.8 Å². The molecule has 0 aromatic heterocycles. The Bertz CT molecular complexity index is 759. The maximum atomic E-state index is 11.5. The Morgan fingerprint density at radius 3 is 0.889 bits per heavy atom. The Kier molecular flexibility index (Phi) is 6.04. The Morgan fingerprint density at radius 2 is 0.778 bits per heavy atom. The summed E-state index contributed by atoms with van der Waals surface area (Å²) in [5.41, 5.74) is -6.95. The van der Waals surface area contributed by atoms with E-state index in [-0.39, 0.29) is 0 Å². The molecule has 0 fully saturated rings. The number of nitro benzene ring substituents is 3. The van der Waals surface area contributed by atoms with Crippen LogP contribution in [0.25, 0.3) is 0 Å². The molecule has 3 N–H and O–H groups in total. The third-order valence-electron chi connectivity index (χ3n) is 2.87. The molecule has 0 heterocycles. The van der Waals surface area contributed by atoms with E-state index in [1.807, 2.05) is 16.0 Å². The molecule has 0 aliphatic heterocycles. The highest BCUT2D eigenvalue weighted by atomic mass is 16.6. The SMILES string of the molecule is CC(=O)Nc1c([N+](=O)[O-])c(NC(C)=O)c([N+](=O)[O-])c(NC(C)=O)c1[N+](=O)[O-]. The maximum Gasteiger partial charge on any atom is 0.330 e. The van der Waals surface area contributed by atoms with Gasteiger partial charge >= 0.3 is 17.1 Å². The highest BCUT2D eigenvalue weighted by Gasteiger charge is 2.43. The molecule has 0 aliphatic carbocycles. The molecule has 0 aliphatic rings. The third-order valence-corrected chi connectivity index (χ3v) is 2.87. The Labute approximate surface area is 149 Å². The van der Waals surface area contributed by atoms with E-state index in [4.69, 9.17) is 0 Å². The lowest BCUT2D eigenvalue weighted by Gasteiger charge is -2.14. The van der Waals surface area contributed by atoms with Crippen LogP contribution in [0.15, 0.2) is 0 Å². The van der Waals surface area contributed by atoms with Crippen molar-refractivity contribution < 1.29 is 29.2 Å². The van der Waals surface area contributed by atoms with Crippen LogP contribution < -0.4 is 16.0 Å². The van der Waals surface area contributed by atoms with E-state index in [0.29, 0.717) is 0 Å². The summed E-state index contributed by atoms with van der Waals surface area (Å²) in [6.07, 6.45) is 0. The van der Waals surface area contributed by atoms with Gasteiger partial charge in [-0.1, -0.05) is 0 Å². The molecular formula is C12H12N6O9. The van der Waals surface area contributed by atoms with Gasteiger partial charge in [0.2, 0.25) is 34.8 Å². The van der Waals surface area contributed by atoms with Crippen LogP contribution in [0.5, 0.6) is 0 Å². The molecular weight excluding hydrogens is 372 g/mol. The van der Waals surface area contributed by atoms with Crippen molar-refractivity contribution in [2.45, 2.75) is 20.8 Å². The lowest BCUT2D eigenvalue weighted by molar-refractivity contribution is -0.399. The zero-order valence-electron chi connectivity index (χ0n) is 14.0. The molecule has 15 heteroatoms. The second-order valence-electron chi connectivity index (χ2n) is 4.99. The molecule has 0 bridgehead atoms. The summed E-state index contributed by atoms with van der Waals surface area (Å²) < 4.78 is 0. The lowest BCUT2D eigenvalue weighted by Crippen LogP contribution is -2.19. The van der Waals surface area contributed by atoms with Gasteiger partial charge in [-0.2, -0.15) is 0 Å². The van der Waals surface area contributed by atoms with E-state index < -0.39 is 66.6 Å². The molecule has 27 heavy (non-hydrogen) atoms. The standard InChI is InChI=1S/C12H12N6O9/c1-4(19)13-7-10(16(22)23)8(14-5(2)20)12(18(26)27)9(15-6(3)21)11(7)17(24)25/h1-3H3,(H,13,19)(H,14,20)(H,15,21). The van der Waals surface area contributed by atoms with E-state index in [1.54, 1.807) is 0 Å². The van der Waals surface area contributed by atoms with Gasteiger partial charge in [-0.25, -0.2) is 0 Å². The molecule has 0 saturated carbocycles. The van der Waals surface area contributed by atoms with Crippen molar-refractivity contribution in [1.82, 2.24) is 0 Å². The lowest BCUT2D eigenvalue weighted by atomic mass is 10.1. The van der Waals surface area contributed by atoms with Crippen LogP contribution in [-0.2, 0) is 14.4 Å². The first-order valence-corrected chi connectivity index (χ1v) is 6.88. The second-order valence-corrected chi connectivity index (χ2v) is 4.99. The number of amides is 3. The van der Waals surface area contributed by atoms with Crippen LogP contribution in [0.3, 0.4) is 0 Å². The molecule has 0 radical (unpaired) electrons. The topological polar surface area (TPSA) is 217 Å². The molecule has 0 atom stereocenters. The first-order chi connectivity index (χ1) is 12.4. The van der Waals surface area contributed by atoms with Crippen LogP contribution in [0.4, 0.5) is 34.1 Å². The minimum absolute atomic E-state index is 0.880. The number of hydrogen-bond acceptors (Lipinski definition) is 9. The minimum Gasteiger partial charge on any atom is -0.315 e. The van der Waals surface area contributed by atoms with Gasteiger partial charge in [0.1, 0.15) is 0 Å². The molecule has 144 valence electrons. The molecule has 0 spiro atoms. The minimum atomic E-state index is -1.28. The zero-order valence-corrected chi connectivity index (χ0v) is 14.0. The summed E-state index contributed by atoms with van der Waals surface area (Å²) >= 11 is 0. The van der Waals surface area contributed by atoms with Gasteiger partial charge in [0.25, 0.3) is 0 Å². The average molecular weight is 384 g/mol. The summed E-state index contributed by atoms with van der Waals surface area (Å²) in [7, 11) is 0. The number of carbonyl (C=O) groups excluding carboxylic acids is 3. The number of carbonyl (C=O) groups is 3. The average Bonchev–Trinajstić information content (AvgIpc) is 2.43. The van der Waals surface area contributed by atoms with Crippen molar-refractivity contribution in [3.8, 4) is 0 Å². The normalized spacial score (nSPS) is 9.89. The van der Waals surface area contributed by atoms with E-state index in [2.05, 4.69) is 0 Å². The molecule has 1 rings (SSSR count). The number of rotatable bonds is 6. The van der Waals surface area contributed by atoms with E-state index in [0.717, 1.165) is 20.8 Å². The van der Waals surface area contributed by atoms with Crippen LogP contribution in [0.1, 0.15) is 20.8 Å². The maximum absolute atomic E-state index is 11.5. The van der Waals surface area contributed by atoms with E-state index >= 15 is 0 Å². The van der Waals surface area contributed by atoms with Gasteiger partial charge in [-0.3, -0.25) is 44.7 Å². The highest BCUT2D eigenvalue weighted by Crippen LogP contribution is 2.52. The van der Waals surface area contributed by atoms with Crippen molar-refractivity contribution in [2.75, 3.05) is 16.0 Å². The molecule has 1 aromatic carbocycles. The van der Waals surface area contributed by atoms with Gasteiger partial charge in [-0.05, 0) is 0 Å². The van der Waals surface area contributed by atoms with Gasteiger partial charge in [-0.15, -0.1) is 0 Å². The molecule has 0 saturated heterocycles. The van der Waals surface area contributed by atoms with Gasteiger partial charge in [0.05, 0.1) is 14.8 Å². The summed E-state index contributed by atoms with van der Waals surface area (Å²) in [6.45, 7) is 2.64. The molecule has 3 amide bonds. The Balaban J connectivity index is 4.28. The van der Waals surface area contributed by atoms with Crippen molar-refractivity contribution in [2.24, 2.45) is 0 Å². The zero-order chi connectivity index (χ0) is 21.0. The van der Waals surface area contributed by atoms with E-state index in [1.165, 1.54) is 0 Å². The number of nitrogens with zero attached hydrogens (tertiary/aromatic N) is 3. The van der Waals surface area contributed by atoms with Crippen molar-refractivity contribution >= 4 is 51.8 Å². The highest BCUT2D eigenvalue weighted by molar-refractivity contribution is 6.11. The van der Waals surface area contributed by atoms with E-state index in [9.17, 15) is 44.7 Å². The van der Waals surface area contributed by atoms with Gasteiger partial charge in [0.15, 0.2) is 0 Å². The smallest absolute Gasteiger partial charge is 0.315 e. The van der Waals surface area contributed by atoms with Crippen LogP contribution in [0, 0.1) is 30.3 Å². The Morgan fingerprint density at radius 1 is 0.593 bits per heavy atom. The Hall–Kier alpha value is -4.17. The monoisotopic (exact) mass is 384 g/mol. The van der Waals surface area contributed by atoms with Crippen molar-refractivity contribution in [1.29, 1.82) is 0 Å². The largest absolute Gasteiger partial charge is 0.330 e. The van der Waals surface area contributed by atoms with Crippen LogP contribution >= 0.6 is 0 Å². The number of hydrogen-bond donors (Lipinski definition) is 3. The number of anilines is 3. The second kappa shape index (κ2) is 7.81. The molecule has 1 aromatic rings. The first-order valence-electron chi connectivity index (χ1n) is 6.88. The number of benzene rings is 1. The number of nitro groups is 3. The van der Waals surface area contributed by atoms with Crippen LogP contribution in [0.2, 0.25) is 0 Å². The van der Waals surface area contributed by atoms with Crippen molar-refractivity contribution in [3.63, 3.8) is 0 Å². The fourth-order valence-electron chi connectivity index (χ4n) is 2.14. The van der Waals surface area contributed by atoms with Crippen molar-refractivity contribution in [3.05, 3.63) is 30.3 Å². The quantitative estimate of drug-likeness (QED) is 0.474. The predicted molar refractivity (Wildman–Crippen MR) is 89.3 cm³/mol. The fraction of sp³-hybridized carbons (Fsp3) is 0.250. The van der Waals surface area contributed by atoms with Crippen LogP contribution in [-0.4, -0.2) is 32.5 Å². The summed E-state index contributed by atoms with van der Waals surface area (Å²) in [6, 6.07) is 0. The summed E-state index contributed by atoms with van der Waals surface area (Å²) in [5, 5.41) is 39.9. The molecule has 0 unspecified atom stereocenters.